The molecule has 1 fully saturated rings. The molecule has 1 aliphatic carbocycles. The van der Waals surface area contributed by atoms with Crippen molar-refractivity contribution >= 4 is 24.0 Å². The molecule has 0 amide bonds. The van der Waals surface area contributed by atoms with Gasteiger partial charge in [-0.05, 0) is 54.4 Å². The third-order valence-corrected chi connectivity index (χ3v) is 6.37. The second-order valence-corrected chi connectivity index (χ2v) is 8.15. The molecule has 4 atom stereocenters. The third kappa shape index (κ3) is 4.20. The van der Waals surface area contributed by atoms with Gasteiger partial charge in [-0.2, -0.15) is 0 Å². The van der Waals surface area contributed by atoms with Crippen molar-refractivity contribution in [1.29, 1.82) is 0 Å². The minimum Gasteiger partial charge on any atom is -0.478 e. The van der Waals surface area contributed by atoms with Gasteiger partial charge >= 0.3 is 5.97 Å². The average Bonchev–Trinajstić information content (AvgIpc) is 2.80. The fraction of sp³-hybridized carbons (Fsp3) is 0.185. The molecule has 3 aromatic rings. The van der Waals surface area contributed by atoms with Crippen molar-refractivity contribution in [3.8, 4) is 5.75 Å². The normalized spacial score (nSPS) is 21.5. The van der Waals surface area contributed by atoms with Gasteiger partial charge in [0.1, 0.15) is 11.5 Å². The lowest BCUT2D eigenvalue weighted by Gasteiger charge is -2.51. The zero-order valence-electron chi connectivity index (χ0n) is 17.9. The zero-order chi connectivity index (χ0) is 23.5. The van der Waals surface area contributed by atoms with Gasteiger partial charge in [0.15, 0.2) is 5.78 Å². The largest absolute Gasteiger partial charge is 0.478 e. The van der Waals surface area contributed by atoms with Gasteiger partial charge in [0, 0.05) is 29.2 Å². The van der Waals surface area contributed by atoms with Crippen LogP contribution in [0.1, 0.15) is 50.6 Å². The molecule has 4 rings (SSSR count). The maximum absolute atomic E-state index is 13.7. The van der Waals surface area contributed by atoms with E-state index in [2.05, 4.69) is 0 Å². The molecule has 0 spiro atoms. The van der Waals surface area contributed by atoms with Crippen LogP contribution in [0.25, 0.3) is 0 Å². The van der Waals surface area contributed by atoms with Crippen molar-refractivity contribution in [2.24, 2.45) is 11.8 Å². The Morgan fingerprint density at radius 1 is 0.758 bits per heavy atom. The van der Waals surface area contributed by atoms with Crippen LogP contribution in [0.5, 0.6) is 5.75 Å². The molecule has 1 N–H and O–H groups in total. The second-order valence-electron chi connectivity index (χ2n) is 8.15. The maximum atomic E-state index is 13.7. The molecular weight excluding hydrogens is 420 g/mol. The summed E-state index contributed by atoms with van der Waals surface area (Å²) in [5, 5.41) is 9.23. The summed E-state index contributed by atoms with van der Waals surface area (Å²) < 4.78 is 4.82. The van der Waals surface area contributed by atoms with E-state index in [0.29, 0.717) is 17.8 Å². The lowest BCUT2D eigenvalue weighted by Crippen LogP contribution is -2.50. The number of benzene rings is 3. The summed E-state index contributed by atoms with van der Waals surface area (Å²) in [6.45, 7) is 1.86. The first-order valence-corrected chi connectivity index (χ1v) is 10.6. The maximum Gasteiger partial charge on any atom is 0.335 e. The molecule has 0 unspecified atom stereocenters. The fourth-order valence-electron chi connectivity index (χ4n) is 4.88. The van der Waals surface area contributed by atoms with Gasteiger partial charge in [0.05, 0.1) is 5.56 Å². The van der Waals surface area contributed by atoms with Gasteiger partial charge in [-0.1, -0.05) is 42.5 Å². The van der Waals surface area contributed by atoms with E-state index in [-0.39, 0.29) is 29.0 Å². The van der Waals surface area contributed by atoms with E-state index in [1.807, 2.05) is 30.3 Å². The summed E-state index contributed by atoms with van der Waals surface area (Å²) in [6.07, 6.45) is 0. The molecule has 0 saturated heterocycles. The Bertz CT molecular complexity index is 1180. The van der Waals surface area contributed by atoms with Crippen LogP contribution in [-0.2, 0) is 9.59 Å². The number of rotatable bonds is 8. The number of carboxylic acids is 1. The highest BCUT2D eigenvalue weighted by atomic mass is 16.5. The highest BCUT2D eigenvalue weighted by Gasteiger charge is 2.56. The van der Waals surface area contributed by atoms with Crippen LogP contribution in [0.4, 0.5) is 0 Å². The van der Waals surface area contributed by atoms with Crippen LogP contribution in [0.2, 0.25) is 0 Å². The number of hydrogen-bond donors (Lipinski definition) is 1. The first-order chi connectivity index (χ1) is 15.9. The molecule has 33 heavy (non-hydrogen) atoms. The molecule has 0 aliphatic heterocycles. The predicted molar refractivity (Wildman–Crippen MR) is 120 cm³/mol. The topological polar surface area (TPSA) is 97.7 Å². The predicted octanol–water partition coefficient (Wildman–Crippen LogP) is 4.51. The van der Waals surface area contributed by atoms with Gasteiger partial charge in [-0.15, -0.1) is 0 Å². The van der Waals surface area contributed by atoms with Crippen molar-refractivity contribution in [2.75, 3.05) is 0 Å². The Kier molecular flexibility index (Phi) is 6.18. The Balaban J connectivity index is 1.76. The molecule has 6 nitrogen and oxygen atoms in total. The molecule has 3 aromatic carbocycles. The zero-order valence-corrected chi connectivity index (χ0v) is 17.9. The number of carbonyl (C=O) groups excluding carboxylic acids is 3. The van der Waals surface area contributed by atoms with Crippen molar-refractivity contribution in [3.05, 3.63) is 101 Å². The van der Waals surface area contributed by atoms with E-state index < -0.39 is 17.8 Å². The van der Waals surface area contributed by atoms with E-state index in [9.17, 15) is 24.3 Å². The monoisotopic (exact) mass is 442 g/mol. The standard InChI is InChI=1S/C27H22O6/c1-16(29)22-23(17-5-3-2-4-6-17)25(24(22)18-7-9-20(10-8-18)27(31)32)26(30)19-11-13-21(14-12-19)33-15-28/h2-15,22-25H,1H3,(H,31,32)/t22-,23+,24+,25-/m0/s1. The molecule has 1 aliphatic rings. The Labute approximate surface area is 190 Å². The lowest BCUT2D eigenvalue weighted by atomic mass is 9.50. The van der Waals surface area contributed by atoms with Gasteiger partial charge in [-0.25, -0.2) is 4.79 Å². The number of carbonyl (C=O) groups is 4. The van der Waals surface area contributed by atoms with Crippen LogP contribution in [0.15, 0.2) is 78.9 Å². The van der Waals surface area contributed by atoms with E-state index in [4.69, 9.17) is 4.74 Å². The van der Waals surface area contributed by atoms with Crippen molar-refractivity contribution in [2.45, 2.75) is 18.8 Å². The van der Waals surface area contributed by atoms with Crippen molar-refractivity contribution in [1.82, 2.24) is 0 Å². The molecular formula is C27H22O6. The Hall–Kier alpha value is -4.06. The highest BCUT2D eigenvalue weighted by molar-refractivity contribution is 6.02. The summed E-state index contributed by atoms with van der Waals surface area (Å²) >= 11 is 0. The molecule has 1 saturated carbocycles. The SMILES string of the molecule is CC(=O)[C@H]1[C@@H](c2ccccc2)[C@H](C(=O)c2ccc(OC=O)cc2)[C@@H]1c1ccc(C(=O)O)cc1. The molecule has 166 valence electrons. The smallest absolute Gasteiger partial charge is 0.335 e. The van der Waals surface area contributed by atoms with Crippen LogP contribution in [0, 0.1) is 11.8 Å². The minimum atomic E-state index is -1.04. The summed E-state index contributed by atoms with van der Waals surface area (Å²) in [4.78, 5) is 48.3. The molecule has 6 heteroatoms. The van der Waals surface area contributed by atoms with Crippen LogP contribution in [0.3, 0.4) is 0 Å². The number of carboxylic acid groups (broad SMARTS) is 1. The molecule has 0 radical (unpaired) electrons. The average molecular weight is 442 g/mol. The second kappa shape index (κ2) is 9.20. The third-order valence-electron chi connectivity index (χ3n) is 6.37. The Morgan fingerprint density at radius 3 is 1.82 bits per heavy atom. The number of aromatic carboxylic acids is 1. The van der Waals surface area contributed by atoms with Gasteiger partial charge < -0.3 is 9.84 Å². The molecule has 0 aromatic heterocycles. The van der Waals surface area contributed by atoms with Crippen molar-refractivity contribution in [3.63, 3.8) is 0 Å². The number of ketones is 2. The molecule has 0 bridgehead atoms. The van der Waals surface area contributed by atoms with Crippen LogP contribution in [-0.4, -0.2) is 29.1 Å². The summed E-state index contributed by atoms with van der Waals surface area (Å²) in [6, 6.07) is 22.2. The number of ether oxygens (including phenoxy) is 1. The number of hydrogen-bond acceptors (Lipinski definition) is 5. The van der Waals surface area contributed by atoms with E-state index in [1.54, 1.807) is 36.4 Å². The lowest BCUT2D eigenvalue weighted by molar-refractivity contribution is -0.126. The van der Waals surface area contributed by atoms with E-state index >= 15 is 0 Å². The minimum absolute atomic E-state index is 0.0186. The van der Waals surface area contributed by atoms with Gasteiger partial charge in [0.2, 0.25) is 0 Å². The van der Waals surface area contributed by atoms with Crippen LogP contribution >= 0.6 is 0 Å². The summed E-state index contributed by atoms with van der Waals surface area (Å²) in [5.41, 5.74) is 2.26. The van der Waals surface area contributed by atoms with Crippen molar-refractivity contribution < 1.29 is 29.0 Å². The van der Waals surface area contributed by atoms with E-state index in [0.717, 1.165) is 11.1 Å². The Morgan fingerprint density at radius 2 is 1.30 bits per heavy atom. The highest BCUT2D eigenvalue weighted by Crippen LogP contribution is 2.58. The first-order valence-electron chi connectivity index (χ1n) is 10.6. The molecule has 0 heterocycles. The first kappa shape index (κ1) is 22.1. The van der Waals surface area contributed by atoms with Gasteiger partial charge in [-0.3, -0.25) is 14.4 Å². The van der Waals surface area contributed by atoms with Gasteiger partial charge in [0.25, 0.3) is 6.47 Å². The summed E-state index contributed by atoms with van der Waals surface area (Å²) in [7, 11) is 0. The fourth-order valence-corrected chi connectivity index (χ4v) is 4.88. The summed E-state index contributed by atoms with van der Waals surface area (Å²) in [5.74, 6) is -2.44. The number of Topliss-reactive ketones (excluding diaryl/α,β-unsaturated/α-hetero) is 2. The quantitative estimate of drug-likeness (QED) is 0.407. The van der Waals surface area contributed by atoms with E-state index in [1.165, 1.54) is 19.1 Å². The van der Waals surface area contributed by atoms with Crippen LogP contribution < -0.4 is 4.74 Å².